The van der Waals surface area contributed by atoms with Gasteiger partial charge < -0.3 is 5.32 Å². The second-order valence-corrected chi connectivity index (χ2v) is 4.49. The molecular weight excluding hydrogens is 254 g/mol. The van der Waals surface area contributed by atoms with Crippen molar-refractivity contribution in [1.82, 2.24) is 25.7 Å². The monoisotopic (exact) mass is 271 g/mol. The van der Waals surface area contributed by atoms with Gasteiger partial charge >= 0.3 is 0 Å². The fourth-order valence-electron chi connectivity index (χ4n) is 1.68. The molecule has 0 atom stereocenters. The van der Waals surface area contributed by atoms with Crippen molar-refractivity contribution < 1.29 is 4.79 Å². The quantitative estimate of drug-likeness (QED) is 0.886. The fourth-order valence-corrected chi connectivity index (χ4v) is 1.68. The molecule has 0 aliphatic carbocycles. The second-order valence-electron chi connectivity index (χ2n) is 4.49. The van der Waals surface area contributed by atoms with Crippen LogP contribution in [0.4, 0.5) is 0 Å². The third-order valence-electron chi connectivity index (χ3n) is 2.73. The molecule has 0 saturated heterocycles. The van der Waals surface area contributed by atoms with Gasteiger partial charge in [0.1, 0.15) is 0 Å². The van der Waals surface area contributed by atoms with Gasteiger partial charge in [-0.1, -0.05) is 31.2 Å². The first-order valence-electron chi connectivity index (χ1n) is 6.59. The lowest BCUT2D eigenvalue weighted by atomic mass is 10.1. The minimum atomic E-state index is 0.0366. The summed E-state index contributed by atoms with van der Waals surface area (Å²) in [5.41, 5.74) is 1.79. The Morgan fingerprint density at radius 1 is 1.10 bits per heavy atom. The van der Waals surface area contributed by atoms with Crippen LogP contribution in [0.2, 0.25) is 0 Å². The van der Waals surface area contributed by atoms with Crippen LogP contribution in [0.5, 0.6) is 0 Å². The smallest absolute Gasteiger partial charge is 0.224 e. The van der Waals surface area contributed by atoms with Gasteiger partial charge in [0.2, 0.25) is 11.7 Å². The van der Waals surface area contributed by atoms with E-state index in [-0.39, 0.29) is 5.91 Å². The highest BCUT2D eigenvalue weighted by atomic mass is 16.1. The van der Waals surface area contributed by atoms with E-state index in [2.05, 4.69) is 25.7 Å². The average molecular weight is 271 g/mol. The zero-order valence-electron chi connectivity index (χ0n) is 11.6. The van der Waals surface area contributed by atoms with Crippen molar-refractivity contribution >= 4 is 5.91 Å². The van der Waals surface area contributed by atoms with E-state index < -0.39 is 0 Å². The highest BCUT2D eigenvalue weighted by molar-refractivity contribution is 5.78. The summed E-state index contributed by atoms with van der Waals surface area (Å²) >= 11 is 0. The summed E-state index contributed by atoms with van der Waals surface area (Å²) in [7, 11) is 0. The maximum atomic E-state index is 11.6. The topological polar surface area (TPSA) is 80.7 Å². The maximum absolute atomic E-state index is 11.6. The molecule has 104 valence electrons. The van der Waals surface area contributed by atoms with Gasteiger partial charge in [-0.2, -0.15) is 0 Å². The van der Waals surface area contributed by atoms with Crippen LogP contribution < -0.4 is 5.32 Å². The molecule has 0 radical (unpaired) electrons. The normalized spacial score (nSPS) is 10.3. The summed E-state index contributed by atoms with van der Waals surface area (Å²) in [6, 6.07) is 7.53. The summed E-state index contributed by atoms with van der Waals surface area (Å²) < 4.78 is 0. The molecule has 0 fully saturated rings. The molecule has 0 aliphatic heterocycles. The number of carbonyl (C=O) groups excluding carboxylic acids is 1. The Morgan fingerprint density at radius 2 is 1.75 bits per heavy atom. The Labute approximate surface area is 117 Å². The fraction of sp³-hybridized carbons (Fsp3) is 0.357. The van der Waals surface area contributed by atoms with E-state index in [0.717, 1.165) is 17.5 Å². The predicted molar refractivity (Wildman–Crippen MR) is 74.8 cm³/mol. The Bertz CT molecular complexity index is 565. The van der Waals surface area contributed by atoms with Gasteiger partial charge in [0.15, 0.2) is 5.82 Å². The number of amides is 1. The van der Waals surface area contributed by atoms with E-state index in [9.17, 15) is 4.79 Å². The van der Waals surface area contributed by atoms with E-state index >= 15 is 0 Å². The molecular formula is C14H17N5O. The molecule has 1 N–H and O–H groups in total. The molecule has 0 bridgehead atoms. The Balaban J connectivity index is 2.02. The van der Waals surface area contributed by atoms with Gasteiger partial charge in [0, 0.05) is 12.1 Å². The van der Waals surface area contributed by atoms with Gasteiger partial charge in [-0.25, -0.2) is 0 Å². The summed E-state index contributed by atoms with van der Waals surface area (Å²) in [5, 5.41) is 18.5. The van der Waals surface area contributed by atoms with Crippen LogP contribution >= 0.6 is 0 Å². The summed E-state index contributed by atoms with van der Waals surface area (Å²) in [6.07, 6.45) is 1.32. The summed E-state index contributed by atoms with van der Waals surface area (Å²) in [6.45, 7) is 4.48. The van der Waals surface area contributed by atoms with E-state index in [1.807, 2.05) is 31.2 Å². The number of nitrogens with zero attached hydrogens (tertiary/aromatic N) is 4. The number of benzene rings is 1. The molecule has 2 rings (SSSR count). The van der Waals surface area contributed by atoms with E-state index in [0.29, 0.717) is 24.6 Å². The van der Waals surface area contributed by atoms with Crippen molar-refractivity contribution in [2.45, 2.75) is 26.7 Å². The van der Waals surface area contributed by atoms with Crippen LogP contribution in [0.3, 0.4) is 0 Å². The van der Waals surface area contributed by atoms with Gasteiger partial charge in [0.05, 0.1) is 6.42 Å². The van der Waals surface area contributed by atoms with Crippen LogP contribution in [0.15, 0.2) is 24.3 Å². The first kappa shape index (κ1) is 14.0. The van der Waals surface area contributed by atoms with E-state index in [1.165, 1.54) is 0 Å². The first-order valence-corrected chi connectivity index (χ1v) is 6.59. The summed E-state index contributed by atoms with van der Waals surface area (Å²) in [5.74, 6) is 1.06. The molecule has 1 amide bonds. The Morgan fingerprint density at radius 3 is 2.35 bits per heavy atom. The van der Waals surface area contributed by atoms with Crippen LogP contribution in [0.1, 0.15) is 24.7 Å². The molecule has 0 saturated carbocycles. The summed E-state index contributed by atoms with van der Waals surface area (Å²) in [4.78, 5) is 11.6. The zero-order valence-corrected chi connectivity index (χ0v) is 11.6. The molecule has 1 aromatic carbocycles. The SMILES string of the molecule is CCCNC(=O)Cc1ccc(-c2nnc(C)nn2)cc1. The Kier molecular flexibility index (Phi) is 4.70. The van der Waals surface area contributed by atoms with Gasteiger partial charge in [-0.3, -0.25) is 4.79 Å². The third-order valence-corrected chi connectivity index (χ3v) is 2.73. The van der Waals surface area contributed by atoms with Gasteiger partial charge in [-0.15, -0.1) is 20.4 Å². The van der Waals surface area contributed by atoms with Crippen molar-refractivity contribution in [3.05, 3.63) is 35.7 Å². The molecule has 0 spiro atoms. The van der Waals surface area contributed by atoms with Gasteiger partial charge in [-0.05, 0) is 18.9 Å². The molecule has 20 heavy (non-hydrogen) atoms. The van der Waals surface area contributed by atoms with Crippen molar-refractivity contribution in [2.75, 3.05) is 6.54 Å². The number of hydrogen-bond acceptors (Lipinski definition) is 5. The van der Waals surface area contributed by atoms with Crippen molar-refractivity contribution in [3.8, 4) is 11.4 Å². The second kappa shape index (κ2) is 6.70. The van der Waals surface area contributed by atoms with Crippen LogP contribution in [0, 0.1) is 6.92 Å². The average Bonchev–Trinajstić information content (AvgIpc) is 2.47. The molecule has 2 aromatic rings. The molecule has 1 heterocycles. The minimum Gasteiger partial charge on any atom is -0.356 e. The largest absolute Gasteiger partial charge is 0.356 e. The lowest BCUT2D eigenvalue weighted by Gasteiger charge is -2.04. The Hall–Kier alpha value is -2.37. The standard InChI is InChI=1S/C14H17N5O/c1-3-8-15-13(20)9-11-4-6-12(7-5-11)14-18-16-10(2)17-19-14/h4-7H,3,8-9H2,1-2H3,(H,15,20). The molecule has 0 aliphatic rings. The van der Waals surface area contributed by atoms with Crippen molar-refractivity contribution in [3.63, 3.8) is 0 Å². The number of aryl methyl sites for hydroxylation is 1. The lowest BCUT2D eigenvalue weighted by molar-refractivity contribution is -0.120. The van der Waals surface area contributed by atoms with Crippen LogP contribution in [0.25, 0.3) is 11.4 Å². The highest BCUT2D eigenvalue weighted by Gasteiger charge is 2.05. The lowest BCUT2D eigenvalue weighted by Crippen LogP contribution is -2.25. The van der Waals surface area contributed by atoms with Crippen LogP contribution in [-0.4, -0.2) is 32.8 Å². The highest BCUT2D eigenvalue weighted by Crippen LogP contribution is 2.14. The molecule has 0 unspecified atom stereocenters. The molecule has 6 nitrogen and oxygen atoms in total. The molecule has 1 aromatic heterocycles. The van der Waals surface area contributed by atoms with E-state index in [1.54, 1.807) is 6.92 Å². The minimum absolute atomic E-state index is 0.0366. The number of nitrogens with one attached hydrogen (secondary N) is 1. The molecule has 6 heteroatoms. The van der Waals surface area contributed by atoms with E-state index in [4.69, 9.17) is 0 Å². The van der Waals surface area contributed by atoms with Crippen molar-refractivity contribution in [1.29, 1.82) is 0 Å². The number of aromatic nitrogens is 4. The number of carbonyl (C=O) groups is 1. The maximum Gasteiger partial charge on any atom is 0.224 e. The van der Waals surface area contributed by atoms with Gasteiger partial charge in [0.25, 0.3) is 0 Å². The first-order chi connectivity index (χ1) is 9.69. The number of rotatable bonds is 5. The van der Waals surface area contributed by atoms with Crippen molar-refractivity contribution in [2.24, 2.45) is 0 Å². The number of hydrogen-bond donors (Lipinski definition) is 1. The predicted octanol–water partition coefficient (Wildman–Crippen LogP) is 1.31. The third kappa shape index (κ3) is 3.81. The zero-order chi connectivity index (χ0) is 14.4. The van der Waals surface area contributed by atoms with Crippen LogP contribution in [-0.2, 0) is 11.2 Å².